The van der Waals surface area contributed by atoms with Crippen LogP contribution in [0, 0.1) is 0 Å². The smallest absolute Gasteiger partial charge is 0.339 e. The van der Waals surface area contributed by atoms with Crippen molar-refractivity contribution in [2.75, 3.05) is 0 Å². The molecule has 0 amide bonds. The van der Waals surface area contributed by atoms with Crippen LogP contribution in [-0.4, -0.2) is 27.1 Å². The topological polar surface area (TPSA) is 52.6 Å². The van der Waals surface area contributed by atoms with Crippen molar-refractivity contribution in [2.24, 2.45) is 0 Å². The molecule has 1 rings (SSSR count). The highest BCUT2D eigenvalue weighted by atomic mass is 28.3. The molecular formula is C16H22O4Si. The number of benzene rings is 1. The summed E-state index contributed by atoms with van der Waals surface area (Å²) < 4.78 is 10.5. The van der Waals surface area contributed by atoms with Crippen molar-refractivity contribution >= 4 is 26.6 Å². The third-order valence-electron chi connectivity index (χ3n) is 2.80. The van der Waals surface area contributed by atoms with Crippen LogP contribution in [0.4, 0.5) is 0 Å². The van der Waals surface area contributed by atoms with Gasteiger partial charge in [0, 0.05) is 6.08 Å². The molecule has 0 aliphatic carbocycles. The van der Waals surface area contributed by atoms with E-state index in [1.807, 2.05) is 45.1 Å². The molecule has 4 nitrogen and oxygen atoms in total. The zero-order chi connectivity index (χ0) is 15.8. The van der Waals surface area contributed by atoms with Crippen LogP contribution in [0.25, 0.3) is 5.57 Å². The van der Waals surface area contributed by atoms with Crippen LogP contribution in [-0.2, 0) is 18.8 Å². The number of hydrogen-bond donors (Lipinski definition) is 0. The van der Waals surface area contributed by atoms with Gasteiger partial charge in [-0.1, -0.05) is 37.3 Å². The third kappa shape index (κ3) is 5.95. The molecule has 0 heterocycles. The standard InChI is InChI=1S/C16H22O4Si/c1-5-12(2)19-16(18)14(11-15(17)20-21(3)4)13-9-7-6-8-10-13/h6-12,21H,5H2,1-4H3/b14-11+. The Kier molecular flexibility index (Phi) is 6.88. The van der Waals surface area contributed by atoms with Crippen molar-refractivity contribution in [3.63, 3.8) is 0 Å². The summed E-state index contributed by atoms with van der Waals surface area (Å²) in [5.41, 5.74) is 0.878. The average molecular weight is 306 g/mol. The minimum absolute atomic E-state index is 0.194. The van der Waals surface area contributed by atoms with Crippen LogP contribution in [0.2, 0.25) is 13.1 Å². The largest absolute Gasteiger partial charge is 0.519 e. The molecule has 0 aromatic heterocycles. The molecule has 1 unspecified atom stereocenters. The number of hydrogen-bond acceptors (Lipinski definition) is 4. The third-order valence-corrected chi connectivity index (χ3v) is 3.51. The summed E-state index contributed by atoms with van der Waals surface area (Å²) >= 11 is 0. The second-order valence-electron chi connectivity index (χ2n) is 5.03. The van der Waals surface area contributed by atoms with Crippen molar-refractivity contribution in [3.8, 4) is 0 Å². The maximum absolute atomic E-state index is 12.2. The molecule has 0 spiro atoms. The molecule has 1 aromatic rings. The zero-order valence-electron chi connectivity index (χ0n) is 13.0. The first-order valence-corrected chi connectivity index (χ1v) is 9.90. The quantitative estimate of drug-likeness (QED) is 0.461. The normalized spacial score (nSPS) is 12.9. The van der Waals surface area contributed by atoms with Crippen molar-refractivity contribution in [1.29, 1.82) is 0 Å². The van der Waals surface area contributed by atoms with E-state index in [9.17, 15) is 9.59 Å². The van der Waals surface area contributed by atoms with Gasteiger partial charge in [0.1, 0.15) is 0 Å². The molecule has 21 heavy (non-hydrogen) atoms. The molecule has 0 bridgehead atoms. The fraction of sp³-hybridized carbons (Fsp3) is 0.375. The lowest BCUT2D eigenvalue weighted by atomic mass is 10.1. The van der Waals surface area contributed by atoms with E-state index in [0.717, 1.165) is 6.42 Å². The highest BCUT2D eigenvalue weighted by molar-refractivity contribution is 6.51. The first-order chi connectivity index (χ1) is 9.93. The zero-order valence-corrected chi connectivity index (χ0v) is 14.1. The highest BCUT2D eigenvalue weighted by Gasteiger charge is 2.18. The minimum atomic E-state index is -1.49. The Bertz CT molecular complexity index is 508. The van der Waals surface area contributed by atoms with Crippen LogP contribution < -0.4 is 0 Å². The van der Waals surface area contributed by atoms with E-state index < -0.39 is 21.0 Å². The summed E-state index contributed by atoms with van der Waals surface area (Å²) in [4.78, 5) is 24.1. The Labute approximate surface area is 127 Å². The number of ether oxygens (including phenoxy) is 1. The van der Waals surface area contributed by atoms with Gasteiger partial charge in [0.2, 0.25) is 9.04 Å². The SMILES string of the molecule is CCC(C)OC(=O)/C(=C/C(=O)O[SiH](C)C)c1ccccc1. The van der Waals surface area contributed by atoms with Gasteiger partial charge in [0.05, 0.1) is 11.7 Å². The predicted octanol–water partition coefficient (Wildman–Crippen LogP) is 2.94. The van der Waals surface area contributed by atoms with Crippen LogP contribution >= 0.6 is 0 Å². The Morgan fingerprint density at radius 1 is 1.24 bits per heavy atom. The van der Waals surface area contributed by atoms with E-state index in [2.05, 4.69) is 0 Å². The lowest BCUT2D eigenvalue weighted by Crippen LogP contribution is -2.18. The van der Waals surface area contributed by atoms with Gasteiger partial charge < -0.3 is 9.16 Å². The summed E-state index contributed by atoms with van der Waals surface area (Å²) in [5.74, 6) is -0.991. The molecule has 0 saturated heterocycles. The van der Waals surface area contributed by atoms with Gasteiger partial charge in [-0.25, -0.2) is 9.59 Å². The van der Waals surface area contributed by atoms with Gasteiger partial charge in [0.25, 0.3) is 0 Å². The molecule has 0 aliphatic rings. The van der Waals surface area contributed by atoms with E-state index in [-0.39, 0.29) is 11.7 Å². The van der Waals surface area contributed by atoms with Crippen LogP contribution in [0.5, 0.6) is 0 Å². The van der Waals surface area contributed by atoms with Gasteiger partial charge in [0.15, 0.2) is 0 Å². The maximum atomic E-state index is 12.2. The predicted molar refractivity (Wildman–Crippen MR) is 85.2 cm³/mol. The van der Waals surface area contributed by atoms with Crippen LogP contribution in [0.3, 0.4) is 0 Å². The fourth-order valence-corrected chi connectivity index (χ4v) is 2.12. The van der Waals surface area contributed by atoms with Crippen molar-refractivity contribution in [3.05, 3.63) is 42.0 Å². The molecule has 0 radical (unpaired) electrons. The molecule has 114 valence electrons. The maximum Gasteiger partial charge on any atom is 0.339 e. The van der Waals surface area contributed by atoms with Gasteiger partial charge in [-0.05, 0) is 32.0 Å². The Hall–Kier alpha value is -1.88. The van der Waals surface area contributed by atoms with Gasteiger partial charge >= 0.3 is 11.9 Å². The summed E-state index contributed by atoms with van der Waals surface area (Å²) in [5, 5.41) is 0. The van der Waals surface area contributed by atoms with Crippen molar-refractivity contribution in [1.82, 2.24) is 0 Å². The van der Waals surface area contributed by atoms with Crippen molar-refractivity contribution in [2.45, 2.75) is 39.5 Å². The van der Waals surface area contributed by atoms with E-state index in [0.29, 0.717) is 5.56 Å². The van der Waals surface area contributed by atoms with Gasteiger partial charge in [-0.2, -0.15) is 0 Å². The number of carbonyl (C=O) groups excluding carboxylic acids is 2. The van der Waals surface area contributed by atoms with E-state index in [1.54, 1.807) is 12.1 Å². The number of carbonyl (C=O) groups is 2. The molecule has 1 atom stereocenters. The van der Waals surface area contributed by atoms with E-state index in [4.69, 9.17) is 9.16 Å². The Morgan fingerprint density at radius 3 is 2.38 bits per heavy atom. The highest BCUT2D eigenvalue weighted by Crippen LogP contribution is 2.17. The minimum Gasteiger partial charge on any atom is -0.519 e. The lowest BCUT2D eigenvalue weighted by molar-refractivity contribution is -0.141. The fourth-order valence-electron chi connectivity index (χ4n) is 1.59. The molecular weight excluding hydrogens is 284 g/mol. The second kappa shape index (κ2) is 8.41. The second-order valence-corrected chi connectivity index (χ2v) is 7.37. The first kappa shape index (κ1) is 17.2. The average Bonchev–Trinajstić information content (AvgIpc) is 2.44. The number of esters is 1. The molecule has 0 aliphatic heterocycles. The van der Waals surface area contributed by atoms with Crippen LogP contribution in [0.15, 0.2) is 36.4 Å². The van der Waals surface area contributed by atoms with E-state index >= 15 is 0 Å². The Balaban J connectivity index is 3.03. The summed E-state index contributed by atoms with van der Waals surface area (Å²) in [6.07, 6.45) is 1.75. The van der Waals surface area contributed by atoms with E-state index in [1.165, 1.54) is 6.08 Å². The molecule has 0 saturated carbocycles. The molecule has 0 N–H and O–H groups in total. The van der Waals surface area contributed by atoms with Crippen LogP contribution in [0.1, 0.15) is 25.8 Å². The van der Waals surface area contributed by atoms with Gasteiger partial charge in [-0.3, -0.25) is 0 Å². The summed E-state index contributed by atoms with van der Waals surface area (Å²) in [6, 6.07) is 9.00. The monoisotopic (exact) mass is 306 g/mol. The lowest BCUT2D eigenvalue weighted by Gasteiger charge is -2.13. The molecule has 5 heteroatoms. The molecule has 1 aromatic carbocycles. The summed E-state index contributed by atoms with van der Waals surface area (Å²) in [7, 11) is -1.49. The number of rotatable bonds is 6. The molecule has 0 fully saturated rings. The van der Waals surface area contributed by atoms with Gasteiger partial charge in [-0.15, -0.1) is 0 Å². The first-order valence-electron chi connectivity index (χ1n) is 7.12. The van der Waals surface area contributed by atoms with Crippen molar-refractivity contribution < 1.29 is 18.8 Å². The Morgan fingerprint density at radius 2 is 1.86 bits per heavy atom. The summed E-state index contributed by atoms with van der Waals surface area (Å²) in [6.45, 7) is 7.54.